The molecule has 2 unspecified atom stereocenters. The molecule has 0 radical (unpaired) electrons. The van der Waals surface area contributed by atoms with E-state index in [0.29, 0.717) is 19.8 Å². The molecular weight excluding hydrogens is 310 g/mol. The zero-order valence-electron chi connectivity index (χ0n) is 10.9. The van der Waals surface area contributed by atoms with Gasteiger partial charge in [-0.15, -0.1) is 0 Å². The molecule has 0 amide bonds. The molecule has 1 aliphatic heterocycles. The van der Waals surface area contributed by atoms with Crippen molar-refractivity contribution in [3.05, 3.63) is 34.3 Å². The number of benzene rings is 1. The summed E-state index contributed by atoms with van der Waals surface area (Å²) in [7, 11) is 0. The van der Waals surface area contributed by atoms with Crippen molar-refractivity contribution < 1.29 is 14.3 Å². The minimum Gasteiger partial charge on any atom is -0.460 e. The third-order valence-electron chi connectivity index (χ3n) is 3.14. The number of rotatable bonds is 5. The van der Waals surface area contributed by atoms with Gasteiger partial charge in [0.15, 0.2) is 0 Å². The van der Waals surface area contributed by atoms with Gasteiger partial charge in [0.25, 0.3) is 0 Å². The van der Waals surface area contributed by atoms with Crippen LogP contribution < -0.4 is 5.32 Å². The molecular formula is C14H18BrNO3. The first-order chi connectivity index (χ1) is 9.20. The van der Waals surface area contributed by atoms with Crippen LogP contribution in [0, 0.1) is 5.92 Å². The molecule has 2 atom stereocenters. The summed E-state index contributed by atoms with van der Waals surface area (Å²) in [6.45, 7) is 4.16. The Kier molecular flexibility index (Phi) is 5.36. The van der Waals surface area contributed by atoms with Gasteiger partial charge in [-0.05, 0) is 24.2 Å². The van der Waals surface area contributed by atoms with Crippen molar-refractivity contribution >= 4 is 21.9 Å². The highest BCUT2D eigenvalue weighted by Gasteiger charge is 2.34. The van der Waals surface area contributed by atoms with E-state index in [1.165, 1.54) is 0 Å². The van der Waals surface area contributed by atoms with Crippen LogP contribution in [0.5, 0.6) is 0 Å². The number of likely N-dealkylation sites (N-methyl/N-ethyl adjacent to an activating group) is 1. The predicted molar refractivity (Wildman–Crippen MR) is 75.7 cm³/mol. The Morgan fingerprint density at radius 1 is 1.42 bits per heavy atom. The fourth-order valence-electron chi connectivity index (χ4n) is 2.09. The van der Waals surface area contributed by atoms with Gasteiger partial charge in [0, 0.05) is 10.5 Å². The lowest BCUT2D eigenvalue weighted by atomic mass is 10.0. The average molecular weight is 328 g/mol. The number of ether oxygens (including phenoxy) is 2. The van der Waals surface area contributed by atoms with Crippen LogP contribution in [0.15, 0.2) is 28.7 Å². The van der Waals surface area contributed by atoms with Crippen molar-refractivity contribution in [1.82, 2.24) is 5.32 Å². The number of carbonyl (C=O) groups is 1. The van der Waals surface area contributed by atoms with E-state index in [4.69, 9.17) is 9.47 Å². The van der Waals surface area contributed by atoms with Crippen molar-refractivity contribution in [3.63, 3.8) is 0 Å². The quantitative estimate of drug-likeness (QED) is 0.841. The second kappa shape index (κ2) is 7.03. The van der Waals surface area contributed by atoms with Crippen LogP contribution in [0.1, 0.15) is 12.5 Å². The molecule has 104 valence electrons. The normalized spacial score (nSPS) is 22.4. The molecule has 19 heavy (non-hydrogen) atoms. The Balaban J connectivity index is 1.85. The molecule has 0 aromatic heterocycles. The van der Waals surface area contributed by atoms with Crippen LogP contribution in [0.25, 0.3) is 0 Å². The minimum absolute atomic E-state index is 0.0717. The first-order valence-electron chi connectivity index (χ1n) is 6.43. The van der Waals surface area contributed by atoms with Crippen LogP contribution >= 0.6 is 15.9 Å². The number of halogens is 1. The second-order valence-electron chi connectivity index (χ2n) is 4.54. The van der Waals surface area contributed by atoms with Crippen molar-refractivity contribution in [1.29, 1.82) is 0 Å². The second-order valence-corrected chi connectivity index (χ2v) is 5.46. The van der Waals surface area contributed by atoms with Gasteiger partial charge >= 0.3 is 5.97 Å². The first-order valence-corrected chi connectivity index (χ1v) is 7.22. The van der Waals surface area contributed by atoms with E-state index in [2.05, 4.69) is 21.2 Å². The van der Waals surface area contributed by atoms with Gasteiger partial charge in [0.05, 0.1) is 19.1 Å². The van der Waals surface area contributed by atoms with Crippen LogP contribution in [0.3, 0.4) is 0 Å². The summed E-state index contributed by atoms with van der Waals surface area (Å²) in [6, 6.07) is 7.81. The van der Waals surface area contributed by atoms with Crippen molar-refractivity contribution in [2.24, 2.45) is 5.92 Å². The Morgan fingerprint density at radius 3 is 2.84 bits per heavy atom. The maximum atomic E-state index is 12.0. The summed E-state index contributed by atoms with van der Waals surface area (Å²) in [4.78, 5) is 12.0. The van der Waals surface area contributed by atoms with Crippen LogP contribution in [0.2, 0.25) is 0 Å². The van der Waals surface area contributed by atoms with Gasteiger partial charge in [-0.1, -0.05) is 35.0 Å². The van der Waals surface area contributed by atoms with Gasteiger partial charge in [-0.2, -0.15) is 0 Å². The zero-order valence-corrected chi connectivity index (χ0v) is 12.5. The van der Waals surface area contributed by atoms with Crippen LogP contribution in [-0.2, 0) is 20.9 Å². The highest BCUT2D eigenvalue weighted by molar-refractivity contribution is 9.10. The third-order valence-corrected chi connectivity index (χ3v) is 3.67. The Labute approximate surface area is 121 Å². The van der Waals surface area contributed by atoms with E-state index in [1.54, 1.807) is 0 Å². The standard InChI is InChI=1S/C14H18BrNO3/c1-2-16-13-9-18-8-12(13)14(17)19-7-10-3-5-11(15)6-4-10/h3-6,12-13,16H,2,7-9H2,1H3. The summed E-state index contributed by atoms with van der Waals surface area (Å²) in [5, 5.41) is 3.25. The van der Waals surface area contributed by atoms with Crippen molar-refractivity contribution in [3.8, 4) is 0 Å². The molecule has 2 rings (SSSR count). The van der Waals surface area contributed by atoms with Gasteiger partial charge in [-0.25, -0.2) is 0 Å². The van der Waals surface area contributed by atoms with Crippen LogP contribution in [-0.4, -0.2) is 31.8 Å². The molecule has 5 heteroatoms. The molecule has 0 bridgehead atoms. The molecule has 1 N–H and O–H groups in total. The highest BCUT2D eigenvalue weighted by Crippen LogP contribution is 2.17. The van der Waals surface area contributed by atoms with Crippen molar-refractivity contribution in [2.45, 2.75) is 19.6 Å². The van der Waals surface area contributed by atoms with Crippen molar-refractivity contribution in [2.75, 3.05) is 19.8 Å². The number of hydrogen-bond donors (Lipinski definition) is 1. The molecule has 1 aromatic rings. The molecule has 0 saturated carbocycles. The monoisotopic (exact) mass is 327 g/mol. The molecule has 1 fully saturated rings. The predicted octanol–water partition coefficient (Wildman–Crippen LogP) is 2.12. The summed E-state index contributed by atoms with van der Waals surface area (Å²) < 4.78 is 11.7. The number of nitrogens with one attached hydrogen (secondary N) is 1. The van der Waals surface area contributed by atoms with Gasteiger partial charge in [-0.3, -0.25) is 4.79 Å². The van der Waals surface area contributed by atoms with Gasteiger partial charge in [0.1, 0.15) is 6.61 Å². The number of esters is 1. The fourth-order valence-corrected chi connectivity index (χ4v) is 2.36. The highest BCUT2D eigenvalue weighted by atomic mass is 79.9. The largest absolute Gasteiger partial charge is 0.460 e. The van der Waals surface area contributed by atoms with E-state index in [9.17, 15) is 4.79 Å². The molecule has 1 saturated heterocycles. The Hall–Kier alpha value is -0.910. The molecule has 1 aromatic carbocycles. The minimum atomic E-state index is -0.199. The van der Waals surface area contributed by atoms with E-state index in [0.717, 1.165) is 16.6 Å². The molecule has 4 nitrogen and oxygen atoms in total. The Bertz CT molecular complexity index is 421. The lowest BCUT2D eigenvalue weighted by molar-refractivity contribution is -0.150. The molecule has 1 heterocycles. The lowest BCUT2D eigenvalue weighted by Gasteiger charge is -2.17. The maximum Gasteiger partial charge on any atom is 0.313 e. The molecule has 0 spiro atoms. The van der Waals surface area contributed by atoms with E-state index < -0.39 is 0 Å². The summed E-state index contributed by atoms with van der Waals surface area (Å²) in [6.07, 6.45) is 0. The third kappa shape index (κ3) is 4.03. The number of hydrogen-bond acceptors (Lipinski definition) is 4. The molecule has 0 aliphatic carbocycles. The summed E-state index contributed by atoms with van der Waals surface area (Å²) in [5.74, 6) is -0.387. The topological polar surface area (TPSA) is 47.6 Å². The van der Waals surface area contributed by atoms with E-state index in [-0.39, 0.29) is 17.9 Å². The summed E-state index contributed by atoms with van der Waals surface area (Å²) in [5.41, 5.74) is 0.982. The zero-order chi connectivity index (χ0) is 13.7. The van der Waals surface area contributed by atoms with E-state index >= 15 is 0 Å². The Morgan fingerprint density at radius 2 is 2.16 bits per heavy atom. The van der Waals surface area contributed by atoms with Crippen LogP contribution in [0.4, 0.5) is 0 Å². The molecule has 1 aliphatic rings. The van der Waals surface area contributed by atoms with E-state index in [1.807, 2.05) is 31.2 Å². The summed E-state index contributed by atoms with van der Waals surface area (Å²) >= 11 is 3.37. The first kappa shape index (κ1) is 14.5. The van der Waals surface area contributed by atoms with Gasteiger partial charge < -0.3 is 14.8 Å². The fraction of sp³-hybridized carbons (Fsp3) is 0.500. The SMILES string of the molecule is CCNC1COCC1C(=O)OCc1ccc(Br)cc1. The number of carbonyl (C=O) groups excluding carboxylic acids is 1. The maximum absolute atomic E-state index is 12.0. The smallest absolute Gasteiger partial charge is 0.313 e. The average Bonchev–Trinajstić information content (AvgIpc) is 2.86. The lowest BCUT2D eigenvalue weighted by Crippen LogP contribution is -2.39. The van der Waals surface area contributed by atoms with Gasteiger partial charge in [0.2, 0.25) is 0 Å².